The Labute approximate surface area is 126 Å². The van der Waals surface area contributed by atoms with Crippen LogP contribution in [0.4, 0.5) is 4.39 Å². The molecule has 0 bridgehead atoms. The third-order valence-electron chi connectivity index (χ3n) is 4.60. The summed E-state index contributed by atoms with van der Waals surface area (Å²) in [6.45, 7) is 3.59. The van der Waals surface area contributed by atoms with Crippen LogP contribution in [0.15, 0.2) is 22.7 Å². The van der Waals surface area contributed by atoms with Crippen LogP contribution in [0.25, 0.3) is 0 Å². The van der Waals surface area contributed by atoms with Gasteiger partial charge in [0, 0.05) is 24.1 Å². The molecule has 2 saturated heterocycles. The van der Waals surface area contributed by atoms with Gasteiger partial charge in [-0.2, -0.15) is 0 Å². The van der Waals surface area contributed by atoms with Crippen molar-refractivity contribution in [2.75, 3.05) is 26.2 Å². The Balaban J connectivity index is 1.71. The zero-order valence-electron chi connectivity index (χ0n) is 11.3. The summed E-state index contributed by atoms with van der Waals surface area (Å²) in [5.41, 5.74) is 0.534. The number of carbonyl (C=O) groups is 1. The monoisotopic (exact) mass is 340 g/mol. The van der Waals surface area contributed by atoms with E-state index in [4.69, 9.17) is 0 Å². The summed E-state index contributed by atoms with van der Waals surface area (Å²) in [4.78, 5) is 14.2. The van der Waals surface area contributed by atoms with Gasteiger partial charge in [-0.1, -0.05) is 15.9 Å². The van der Waals surface area contributed by atoms with E-state index in [0.29, 0.717) is 5.41 Å². The van der Waals surface area contributed by atoms with Crippen molar-refractivity contribution in [2.24, 2.45) is 5.41 Å². The normalized spacial score (nSPS) is 21.4. The number of hydrogen-bond donors (Lipinski definition) is 1. The van der Waals surface area contributed by atoms with Crippen molar-refractivity contribution in [3.8, 4) is 0 Å². The van der Waals surface area contributed by atoms with Crippen LogP contribution in [0, 0.1) is 11.2 Å². The molecule has 2 heterocycles. The number of benzene rings is 1. The molecule has 0 aromatic heterocycles. The van der Waals surface area contributed by atoms with Crippen LogP contribution in [0.5, 0.6) is 0 Å². The number of carbonyl (C=O) groups excluding carboxylic acids is 1. The molecule has 108 valence electrons. The summed E-state index contributed by atoms with van der Waals surface area (Å²) < 4.78 is 14.5. The highest BCUT2D eigenvalue weighted by Crippen LogP contribution is 2.37. The number of likely N-dealkylation sites (tertiary alicyclic amines) is 1. The summed E-state index contributed by atoms with van der Waals surface area (Å²) in [6.07, 6.45) is 3.23. The predicted octanol–water partition coefficient (Wildman–Crippen LogP) is 2.80. The molecule has 0 radical (unpaired) electrons. The largest absolute Gasteiger partial charge is 0.339 e. The summed E-state index contributed by atoms with van der Waals surface area (Å²) in [7, 11) is 0. The molecule has 3 nitrogen and oxygen atoms in total. The highest BCUT2D eigenvalue weighted by molar-refractivity contribution is 9.10. The Kier molecular flexibility index (Phi) is 3.82. The molecule has 1 aromatic carbocycles. The van der Waals surface area contributed by atoms with Crippen LogP contribution in [0.3, 0.4) is 0 Å². The maximum atomic E-state index is 13.8. The maximum Gasteiger partial charge on any atom is 0.256 e. The molecule has 5 heteroatoms. The van der Waals surface area contributed by atoms with E-state index in [-0.39, 0.29) is 11.5 Å². The number of amides is 1. The van der Waals surface area contributed by atoms with E-state index in [0.717, 1.165) is 43.5 Å². The van der Waals surface area contributed by atoms with Gasteiger partial charge in [-0.25, -0.2) is 4.39 Å². The van der Waals surface area contributed by atoms with Crippen LogP contribution in [0.1, 0.15) is 29.6 Å². The number of piperidine rings is 1. The highest BCUT2D eigenvalue weighted by atomic mass is 79.9. The minimum absolute atomic E-state index is 0.167. The van der Waals surface area contributed by atoms with Gasteiger partial charge in [0.1, 0.15) is 5.82 Å². The standard InChI is InChI=1S/C15H18BrFN2O/c16-11-1-2-13(17)12(9-11)14(20)19-7-4-15(5-8-19)3-6-18-10-15/h1-2,9,18H,3-8,10H2. The molecular weight excluding hydrogens is 323 g/mol. The molecule has 0 unspecified atom stereocenters. The van der Waals surface area contributed by atoms with Gasteiger partial charge in [0.15, 0.2) is 0 Å². The molecule has 1 N–H and O–H groups in total. The fourth-order valence-electron chi connectivity index (χ4n) is 3.24. The topological polar surface area (TPSA) is 32.3 Å². The number of nitrogens with zero attached hydrogens (tertiary/aromatic N) is 1. The SMILES string of the molecule is O=C(c1cc(Br)ccc1F)N1CCC2(CCNC2)CC1. The minimum atomic E-state index is -0.444. The molecule has 1 amide bonds. The van der Waals surface area contributed by atoms with Gasteiger partial charge in [-0.05, 0) is 49.4 Å². The lowest BCUT2D eigenvalue weighted by atomic mass is 9.78. The smallest absolute Gasteiger partial charge is 0.256 e. The molecule has 2 aliphatic heterocycles. The van der Waals surface area contributed by atoms with Crippen molar-refractivity contribution in [1.82, 2.24) is 10.2 Å². The van der Waals surface area contributed by atoms with Gasteiger partial charge in [0.05, 0.1) is 5.56 Å². The Morgan fingerprint density at radius 1 is 1.30 bits per heavy atom. The van der Waals surface area contributed by atoms with E-state index in [1.165, 1.54) is 12.5 Å². The fraction of sp³-hybridized carbons (Fsp3) is 0.533. The second-order valence-corrected chi connectivity index (χ2v) is 6.76. The van der Waals surface area contributed by atoms with Gasteiger partial charge in [0.25, 0.3) is 5.91 Å². The molecule has 2 aliphatic rings. The first-order valence-electron chi connectivity index (χ1n) is 7.05. The average Bonchev–Trinajstić information content (AvgIpc) is 2.90. The van der Waals surface area contributed by atoms with Crippen molar-refractivity contribution < 1.29 is 9.18 Å². The van der Waals surface area contributed by atoms with Crippen LogP contribution in [-0.2, 0) is 0 Å². The Morgan fingerprint density at radius 2 is 2.05 bits per heavy atom. The van der Waals surface area contributed by atoms with Crippen molar-refractivity contribution in [2.45, 2.75) is 19.3 Å². The van der Waals surface area contributed by atoms with E-state index in [9.17, 15) is 9.18 Å². The molecule has 1 aromatic rings. The molecule has 0 saturated carbocycles. The van der Waals surface area contributed by atoms with E-state index >= 15 is 0 Å². The molecule has 3 rings (SSSR count). The minimum Gasteiger partial charge on any atom is -0.339 e. The first kappa shape index (κ1) is 14.0. The molecule has 0 atom stereocenters. The van der Waals surface area contributed by atoms with Crippen LogP contribution < -0.4 is 5.32 Å². The average molecular weight is 341 g/mol. The lowest BCUT2D eigenvalue weighted by molar-refractivity contribution is 0.0603. The zero-order valence-corrected chi connectivity index (χ0v) is 12.9. The third kappa shape index (κ3) is 2.61. The second kappa shape index (κ2) is 5.45. The van der Waals surface area contributed by atoms with Crippen LogP contribution in [0.2, 0.25) is 0 Å². The van der Waals surface area contributed by atoms with Gasteiger partial charge < -0.3 is 10.2 Å². The Morgan fingerprint density at radius 3 is 2.70 bits per heavy atom. The molecule has 0 aliphatic carbocycles. The highest BCUT2D eigenvalue weighted by Gasteiger charge is 2.38. The van der Waals surface area contributed by atoms with E-state index < -0.39 is 5.82 Å². The Hall–Kier alpha value is -0.940. The summed E-state index contributed by atoms with van der Waals surface area (Å²) in [5.74, 6) is -0.634. The van der Waals surface area contributed by atoms with E-state index in [2.05, 4.69) is 21.2 Å². The van der Waals surface area contributed by atoms with Crippen LogP contribution in [-0.4, -0.2) is 37.0 Å². The van der Waals surface area contributed by atoms with Crippen molar-refractivity contribution in [3.05, 3.63) is 34.1 Å². The zero-order chi connectivity index (χ0) is 14.2. The van der Waals surface area contributed by atoms with Crippen molar-refractivity contribution >= 4 is 21.8 Å². The fourth-order valence-corrected chi connectivity index (χ4v) is 3.60. The number of hydrogen-bond acceptors (Lipinski definition) is 2. The molecule has 2 fully saturated rings. The van der Waals surface area contributed by atoms with Crippen molar-refractivity contribution in [3.63, 3.8) is 0 Å². The van der Waals surface area contributed by atoms with Crippen molar-refractivity contribution in [1.29, 1.82) is 0 Å². The third-order valence-corrected chi connectivity index (χ3v) is 5.10. The molecule has 1 spiro atoms. The molecule has 20 heavy (non-hydrogen) atoms. The number of nitrogens with one attached hydrogen (secondary N) is 1. The first-order valence-corrected chi connectivity index (χ1v) is 7.84. The van der Waals surface area contributed by atoms with Gasteiger partial charge in [-0.15, -0.1) is 0 Å². The lowest BCUT2D eigenvalue weighted by Gasteiger charge is -2.38. The van der Waals surface area contributed by atoms with Crippen LogP contribution >= 0.6 is 15.9 Å². The molecular formula is C15H18BrFN2O. The summed E-state index contributed by atoms with van der Waals surface area (Å²) >= 11 is 3.29. The van der Waals surface area contributed by atoms with Gasteiger partial charge in [-0.3, -0.25) is 4.79 Å². The number of rotatable bonds is 1. The van der Waals surface area contributed by atoms with E-state index in [1.807, 2.05) is 0 Å². The van der Waals surface area contributed by atoms with Gasteiger partial charge >= 0.3 is 0 Å². The van der Waals surface area contributed by atoms with E-state index in [1.54, 1.807) is 17.0 Å². The van der Waals surface area contributed by atoms with Gasteiger partial charge in [0.2, 0.25) is 0 Å². The second-order valence-electron chi connectivity index (χ2n) is 5.84. The predicted molar refractivity (Wildman–Crippen MR) is 79.2 cm³/mol. The summed E-state index contributed by atoms with van der Waals surface area (Å²) in [5, 5.41) is 3.41. The first-order chi connectivity index (χ1) is 9.60. The number of halogens is 2. The lowest BCUT2D eigenvalue weighted by Crippen LogP contribution is -2.44. The summed E-state index contributed by atoms with van der Waals surface area (Å²) in [6, 6.07) is 4.52. The Bertz CT molecular complexity index is 519. The quantitative estimate of drug-likeness (QED) is 0.852. The maximum absolute atomic E-state index is 13.8.